The van der Waals surface area contributed by atoms with Crippen molar-refractivity contribution in [2.24, 2.45) is 0 Å². The summed E-state index contributed by atoms with van der Waals surface area (Å²) in [6.07, 6.45) is 1.83. The van der Waals surface area contributed by atoms with Crippen molar-refractivity contribution in [2.45, 2.75) is 0 Å². The van der Waals surface area contributed by atoms with Gasteiger partial charge in [-0.05, 0) is 0 Å². The van der Waals surface area contributed by atoms with Crippen LogP contribution < -0.4 is 5.63 Å². The number of rotatable bonds is 1. The molecule has 1 rings (SSSR count). The molecule has 0 aliphatic heterocycles. The van der Waals surface area contributed by atoms with E-state index in [2.05, 4.69) is 4.42 Å². The highest BCUT2D eigenvalue weighted by molar-refractivity contribution is 5.79. The average molecular weight is 139 g/mol. The standard InChI is InChI=1S/C6H5NO3/c7-3-4-5(8)1-2-10-6(4)9/h1-3,7-8H. The van der Waals surface area contributed by atoms with E-state index in [1.165, 1.54) is 6.07 Å². The van der Waals surface area contributed by atoms with Gasteiger partial charge in [0, 0.05) is 12.3 Å². The highest BCUT2D eigenvalue weighted by atomic mass is 16.4. The monoisotopic (exact) mass is 139 g/mol. The van der Waals surface area contributed by atoms with E-state index < -0.39 is 5.63 Å². The van der Waals surface area contributed by atoms with E-state index in [9.17, 15) is 4.79 Å². The molecule has 0 saturated heterocycles. The van der Waals surface area contributed by atoms with Crippen LogP contribution in [0.15, 0.2) is 21.5 Å². The smallest absolute Gasteiger partial charge is 0.348 e. The van der Waals surface area contributed by atoms with E-state index in [1.807, 2.05) is 0 Å². The molecule has 52 valence electrons. The van der Waals surface area contributed by atoms with Crippen molar-refractivity contribution >= 4 is 6.21 Å². The van der Waals surface area contributed by atoms with Gasteiger partial charge in [0.15, 0.2) is 0 Å². The quantitative estimate of drug-likeness (QED) is 0.551. The maximum absolute atomic E-state index is 10.6. The van der Waals surface area contributed by atoms with Gasteiger partial charge in [0.05, 0.1) is 6.26 Å². The highest BCUT2D eigenvalue weighted by Crippen LogP contribution is 2.07. The average Bonchev–Trinajstić information content (AvgIpc) is 1.88. The molecule has 0 atom stereocenters. The van der Waals surface area contributed by atoms with Crippen LogP contribution in [0, 0.1) is 5.41 Å². The summed E-state index contributed by atoms with van der Waals surface area (Å²) in [4.78, 5) is 10.6. The third-order valence-corrected chi connectivity index (χ3v) is 1.04. The first-order valence-corrected chi connectivity index (χ1v) is 2.57. The molecule has 2 N–H and O–H groups in total. The molecular formula is C6H5NO3. The normalized spacial score (nSPS) is 9.20. The summed E-state index contributed by atoms with van der Waals surface area (Å²) in [5, 5.41) is 15.6. The minimum absolute atomic E-state index is 0.123. The van der Waals surface area contributed by atoms with Crippen LogP contribution in [-0.4, -0.2) is 11.3 Å². The highest BCUT2D eigenvalue weighted by Gasteiger charge is 2.01. The van der Waals surface area contributed by atoms with E-state index in [-0.39, 0.29) is 11.3 Å². The van der Waals surface area contributed by atoms with Crippen LogP contribution in [0.25, 0.3) is 0 Å². The van der Waals surface area contributed by atoms with Crippen LogP contribution in [0.5, 0.6) is 5.75 Å². The first-order chi connectivity index (χ1) is 4.75. The Hall–Kier alpha value is -1.58. The fourth-order valence-electron chi connectivity index (χ4n) is 0.551. The van der Waals surface area contributed by atoms with Crippen molar-refractivity contribution in [3.8, 4) is 5.75 Å². The summed E-state index contributed by atoms with van der Waals surface area (Å²) >= 11 is 0. The zero-order valence-corrected chi connectivity index (χ0v) is 5.00. The van der Waals surface area contributed by atoms with Gasteiger partial charge in [0.2, 0.25) is 0 Å². The first-order valence-electron chi connectivity index (χ1n) is 2.57. The Balaban J connectivity index is 3.45. The third-order valence-electron chi connectivity index (χ3n) is 1.04. The fraction of sp³-hybridized carbons (Fsp3) is 0. The molecule has 1 heterocycles. The molecule has 10 heavy (non-hydrogen) atoms. The molecule has 0 aliphatic carbocycles. The van der Waals surface area contributed by atoms with Crippen molar-refractivity contribution in [3.63, 3.8) is 0 Å². The van der Waals surface area contributed by atoms with Crippen LogP contribution >= 0.6 is 0 Å². The Kier molecular flexibility index (Phi) is 1.53. The maximum Gasteiger partial charge on any atom is 0.348 e. The molecule has 0 fully saturated rings. The third kappa shape index (κ3) is 0.907. The van der Waals surface area contributed by atoms with Gasteiger partial charge >= 0.3 is 5.63 Å². The lowest BCUT2D eigenvalue weighted by Crippen LogP contribution is -2.04. The lowest BCUT2D eigenvalue weighted by Gasteiger charge is -1.91. The lowest BCUT2D eigenvalue weighted by atomic mass is 10.3. The summed E-state index contributed by atoms with van der Waals surface area (Å²) in [7, 11) is 0. The van der Waals surface area contributed by atoms with Crippen LogP contribution in [-0.2, 0) is 0 Å². The minimum atomic E-state index is -0.699. The van der Waals surface area contributed by atoms with Crippen molar-refractivity contribution in [2.75, 3.05) is 0 Å². The van der Waals surface area contributed by atoms with E-state index in [0.29, 0.717) is 0 Å². The molecule has 0 unspecified atom stereocenters. The molecule has 1 aromatic rings. The Morgan fingerprint density at radius 1 is 1.70 bits per heavy atom. The Labute approximate surface area is 56.2 Å². The van der Waals surface area contributed by atoms with E-state index in [1.54, 1.807) is 0 Å². The molecule has 1 aromatic heterocycles. The largest absolute Gasteiger partial charge is 0.507 e. The van der Waals surface area contributed by atoms with Gasteiger partial charge in [-0.25, -0.2) is 4.79 Å². The molecule has 0 bridgehead atoms. The van der Waals surface area contributed by atoms with Crippen LogP contribution in [0.3, 0.4) is 0 Å². The SMILES string of the molecule is N=Cc1c(O)ccoc1=O. The maximum atomic E-state index is 10.6. The van der Waals surface area contributed by atoms with Crippen LogP contribution in [0.4, 0.5) is 0 Å². The second kappa shape index (κ2) is 2.34. The van der Waals surface area contributed by atoms with Crippen molar-refractivity contribution in [3.05, 3.63) is 28.3 Å². The number of aromatic hydroxyl groups is 1. The van der Waals surface area contributed by atoms with Gasteiger partial charge in [-0.2, -0.15) is 0 Å². The number of nitrogens with one attached hydrogen (secondary N) is 1. The van der Waals surface area contributed by atoms with E-state index in [4.69, 9.17) is 10.5 Å². The van der Waals surface area contributed by atoms with Gasteiger partial charge in [-0.3, -0.25) is 0 Å². The van der Waals surface area contributed by atoms with Gasteiger partial charge < -0.3 is 14.9 Å². The molecule has 0 aliphatic rings. The molecule has 0 amide bonds. The van der Waals surface area contributed by atoms with Crippen molar-refractivity contribution in [1.29, 1.82) is 5.41 Å². The van der Waals surface area contributed by atoms with Crippen molar-refractivity contribution < 1.29 is 9.52 Å². The van der Waals surface area contributed by atoms with Gasteiger partial charge in [-0.15, -0.1) is 0 Å². The molecule has 0 spiro atoms. The Morgan fingerprint density at radius 2 is 2.40 bits per heavy atom. The van der Waals surface area contributed by atoms with Crippen LogP contribution in [0.1, 0.15) is 5.56 Å². The predicted molar refractivity (Wildman–Crippen MR) is 34.5 cm³/mol. The zero-order chi connectivity index (χ0) is 7.56. The second-order valence-corrected chi connectivity index (χ2v) is 1.65. The molecule has 0 radical (unpaired) electrons. The van der Waals surface area contributed by atoms with Gasteiger partial charge in [0.25, 0.3) is 0 Å². The van der Waals surface area contributed by atoms with E-state index in [0.717, 1.165) is 12.5 Å². The fourth-order valence-corrected chi connectivity index (χ4v) is 0.551. The first kappa shape index (κ1) is 6.54. The van der Waals surface area contributed by atoms with E-state index >= 15 is 0 Å². The summed E-state index contributed by atoms with van der Waals surface area (Å²) in [6.45, 7) is 0. The summed E-state index contributed by atoms with van der Waals surface area (Å²) in [6, 6.07) is 1.21. The molecule has 0 saturated carbocycles. The predicted octanol–water partition coefficient (Wildman–Crippen LogP) is 0.343. The number of hydrogen-bond donors (Lipinski definition) is 2. The minimum Gasteiger partial charge on any atom is -0.507 e. The molecular weight excluding hydrogens is 134 g/mol. The lowest BCUT2D eigenvalue weighted by molar-refractivity contribution is 0.446. The second-order valence-electron chi connectivity index (χ2n) is 1.65. The zero-order valence-electron chi connectivity index (χ0n) is 5.00. The summed E-state index contributed by atoms with van der Waals surface area (Å²) in [5.74, 6) is -0.230. The van der Waals surface area contributed by atoms with Crippen LogP contribution in [0.2, 0.25) is 0 Å². The van der Waals surface area contributed by atoms with Gasteiger partial charge in [0.1, 0.15) is 11.3 Å². The Bertz CT molecular complexity index is 302. The summed E-state index contributed by atoms with van der Waals surface area (Å²) < 4.78 is 4.36. The summed E-state index contributed by atoms with van der Waals surface area (Å²) in [5.41, 5.74) is -0.822. The van der Waals surface area contributed by atoms with Gasteiger partial charge in [-0.1, -0.05) is 0 Å². The topological polar surface area (TPSA) is 74.3 Å². The molecule has 4 nitrogen and oxygen atoms in total. The Morgan fingerprint density at radius 3 is 2.80 bits per heavy atom. The van der Waals surface area contributed by atoms with Crippen molar-refractivity contribution in [1.82, 2.24) is 0 Å². The number of hydrogen-bond acceptors (Lipinski definition) is 4. The molecule has 4 heteroatoms. The molecule has 0 aromatic carbocycles.